The van der Waals surface area contributed by atoms with E-state index in [0.717, 1.165) is 18.8 Å². The largest absolute Gasteiger partial charge is 0.383 e. The molecule has 1 N–H and O–H groups in total. The number of ether oxygens (including phenoxy) is 1. The smallest absolute Gasteiger partial charge is 0.0784 e. The van der Waals surface area contributed by atoms with E-state index in [1.54, 1.807) is 13.3 Å². The van der Waals surface area contributed by atoms with Gasteiger partial charge in [-0.05, 0) is 12.1 Å². The van der Waals surface area contributed by atoms with Crippen LogP contribution in [-0.2, 0) is 11.3 Å². The van der Waals surface area contributed by atoms with Crippen molar-refractivity contribution in [2.24, 2.45) is 0 Å². The zero-order valence-corrected chi connectivity index (χ0v) is 11.4. The fourth-order valence-electron chi connectivity index (χ4n) is 2.08. The van der Waals surface area contributed by atoms with Gasteiger partial charge in [-0.25, -0.2) is 4.68 Å². The number of rotatable bonds is 7. The third-order valence-electron chi connectivity index (χ3n) is 2.96. The highest BCUT2D eigenvalue weighted by Crippen LogP contribution is 2.13. The van der Waals surface area contributed by atoms with Crippen molar-refractivity contribution in [1.29, 1.82) is 0 Å². The van der Waals surface area contributed by atoms with Crippen molar-refractivity contribution in [3.05, 3.63) is 47.8 Å². The fourth-order valence-corrected chi connectivity index (χ4v) is 2.08. The van der Waals surface area contributed by atoms with Gasteiger partial charge in [-0.2, -0.15) is 0 Å². The minimum absolute atomic E-state index is 0.119. The summed E-state index contributed by atoms with van der Waals surface area (Å²) in [4.78, 5) is 0. The second-order valence-electron chi connectivity index (χ2n) is 4.37. The van der Waals surface area contributed by atoms with Gasteiger partial charge in [0.05, 0.1) is 31.1 Å². The Morgan fingerprint density at radius 3 is 2.79 bits per heavy atom. The van der Waals surface area contributed by atoms with Gasteiger partial charge in [0, 0.05) is 7.11 Å². The first-order chi connectivity index (χ1) is 9.35. The van der Waals surface area contributed by atoms with Crippen molar-refractivity contribution in [1.82, 2.24) is 20.3 Å². The highest BCUT2D eigenvalue weighted by molar-refractivity contribution is 5.16. The zero-order valence-electron chi connectivity index (χ0n) is 11.4. The summed E-state index contributed by atoms with van der Waals surface area (Å²) in [7, 11) is 1.70. The number of benzene rings is 1. The van der Waals surface area contributed by atoms with Crippen LogP contribution < -0.4 is 5.32 Å². The van der Waals surface area contributed by atoms with Gasteiger partial charge in [0.2, 0.25) is 0 Å². The predicted molar refractivity (Wildman–Crippen MR) is 73.9 cm³/mol. The van der Waals surface area contributed by atoms with E-state index >= 15 is 0 Å². The van der Waals surface area contributed by atoms with Crippen LogP contribution in [-0.4, -0.2) is 35.3 Å². The quantitative estimate of drug-likeness (QED) is 0.822. The highest BCUT2D eigenvalue weighted by Gasteiger charge is 2.16. The molecular formula is C14H20N4O. The Kier molecular flexibility index (Phi) is 5.06. The van der Waals surface area contributed by atoms with E-state index < -0.39 is 0 Å². The van der Waals surface area contributed by atoms with E-state index in [9.17, 15) is 0 Å². The molecule has 19 heavy (non-hydrogen) atoms. The third-order valence-corrected chi connectivity index (χ3v) is 2.96. The molecule has 0 saturated heterocycles. The maximum Gasteiger partial charge on any atom is 0.0784 e. The molecule has 5 heteroatoms. The summed E-state index contributed by atoms with van der Waals surface area (Å²) < 4.78 is 7.17. The first kappa shape index (κ1) is 13.7. The van der Waals surface area contributed by atoms with E-state index in [0.29, 0.717) is 6.61 Å². The summed E-state index contributed by atoms with van der Waals surface area (Å²) in [5, 5.41) is 11.6. The van der Waals surface area contributed by atoms with Crippen molar-refractivity contribution >= 4 is 0 Å². The average Bonchev–Trinajstić information content (AvgIpc) is 2.88. The maximum atomic E-state index is 5.25. The molecule has 0 amide bonds. The lowest BCUT2D eigenvalue weighted by atomic mass is 10.2. The molecule has 1 atom stereocenters. The third kappa shape index (κ3) is 3.62. The summed E-state index contributed by atoms with van der Waals surface area (Å²) in [6.07, 6.45) is 1.80. The van der Waals surface area contributed by atoms with E-state index in [1.165, 1.54) is 5.56 Å². The Labute approximate surface area is 113 Å². The van der Waals surface area contributed by atoms with Gasteiger partial charge in [-0.15, -0.1) is 5.10 Å². The summed E-state index contributed by atoms with van der Waals surface area (Å²) in [6, 6.07) is 10.4. The zero-order chi connectivity index (χ0) is 13.5. The fraction of sp³-hybridized carbons (Fsp3) is 0.429. The van der Waals surface area contributed by atoms with Gasteiger partial charge in [-0.3, -0.25) is 0 Å². The molecule has 0 spiro atoms. The molecule has 0 radical (unpaired) electrons. The van der Waals surface area contributed by atoms with Crippen LogP contribution in [0.1, 0.15) is 24.2 Å². The van der Waals surface area contributed by atoms with Gasteiger partial charge in [-0.1, -0.05) is 42.5 Å². The van der Waals surface area contributed by atoms with Crippen LogP contribution in [0.15, 0.2) is 36.5 Å². The van der Waals surface area contributed by atoms with Gasteiger partial charge in [0.25, 0.3) is 0 Å². The standard InChI is InChI=1S/C14H20N4O/c1-3-15-13(11-19-2)14-9-16-17-18(14)10-12-7-5-4-6-8-12/h4-9,13,15H,3,10-11H2,1-2H3. The average molecular weight is 260 g/mol. The molecule has 0 bridgehead atoms. The lowest BCUT2D eigenvalue weighted by Gasteiger charge is -2.17. The monoisotopic (exact) mass is 260 g/mol. The molecule has 2 rings (SSSR count). The Morgan fingerprint density at radius 1 is 1.32 bits per heavy atom. The van der Waals surface area contributed by atoms with Gasteiger partial charge in [0.1, 0.15) is 0 Å². The number of nitrogens with one attached hydrogen (secondary N) is 1. The second kappa shape index (κ2) is 7.01. The van der Waals surface area contributed by atoms with Gasteiger partial charge >= 0.3 is 0 Å². The van der Waals surface area contributed by atoms with Crippen molar-refractivity contribution in [3.8, 4) is 0 Å². The minimum atomic E-state index is 0.119. The molecule has 1 unspecified atom stereocenters. The summed E-state index contributed by atoms with van der Waals surface area (Å²) in [5.74, 6) is 0. The van der Waals surface area contributed by atoms with Crippen molar-refractivity contribution in [3.63, 3.8) is 0 Å². The number of methoxy groups -OCH3 is 1. The highest BCUT2D eigenvalue weighted by atomic mass is 16.5. The van der Waals surface area contributed by atoms with Crippen molar-refractivity contribution in [2.45, 2.75) is 19.5 Å². The number of aromatic nitrogens is 3. The lowest BCUT2D eigenvalue weighted by Crippen LogP contribution is -2.27. The molecule has 2 aromatic rings. The van der Waals surface area contributed by atoms with E-state index in [-0.39, 0.29) is 6.04 Å². The Morgan fingerprint density at radius 2 is 2.11 bits per heavy atom. The number of nitrogens with zero attached hydrogens (tertiary/aromatic N) is 3. The molecule has 0 fully saturated rings. The Balaban J connectivity index is 2.16. The Bertz CT molecular complexity index is 477. The molecular weight excluding hydrogens is 240 g/mol. The first-order valence-corrected chi connectivity index (χ1v) is 6.49. The summed E-state index contributed by atoms with van der Waals surface area (Å²) in [5.41, 5.74) is 2.26. The number of hydrogen-bond acceptors (Lipinski definition) is 4. The predicted octanol–water partition coefficient (Wildman–Crippen LogP) is 1.62. The van der Waals surface area contributed by atoms with Crippen LogP contribution in [0.5, 0.6) is 0 Å². The molecule has 1 aromatic heterocycles. The Hall–Kier alpha value is -1.72. The number of hydrogen-bond donors (Lipinski definition) is 1. The molecule has 0 aliphatic heterocycles. The van der Waals surface area contributed by atoms with Crippen LogP contribution in [0, 0.1) is 0 Å². The van der Waals surface area contributed by atoms with Crippen LogP contribution >= 0.6 is 0 Å². The van der Waals surface area contributed by atoms with Gasteiger partial charge in [0.15, 0.2) is 0 Å². The van der Waals surface area contributed by atoms with E-state index in [4.69, 9.17) is 4.74 Å². The van der Waals surface area contributed by atoms with E-state index in [2.05, 4.69) is 34.7 Å². The van der Waals surface area contributed by atoms with E-state index in [1.807, 2.05) is 22.9 Å². The minimum Gasteiger partial charge on any atom is -0.383 e. The van der Waals surface area contributed by atoms with Crippen molar-refractivity contribution in [2.75, 3.05) is 20.3 Å². The van der Waals surface area contributed by atoms with Crippen molar-refractivity contribution < 1.29 is 4.74 Å². The lowest BCUT2D eigenvalue weighted by molar-refractivity contribution is 0.164. The number of likely N-dealkylation sites (N-methyl/N-ethyl adjacent to an activating group) is 1. The van der Waals surface area contributed by atoms with Crippen LogP contribution in [0.4, 0.5) is 0 Å². The van der Waals surface area contributed by atoms with Crippen LogP contribution in [0.25, 0.3) is 0 Å². The maximum absolute atomic E-state index is 5.25. The molecule has 102 valence electrons. The normalized spacial score (nSPS) is 12.5. The molecule has 1 aromatic carbocycles. The van der Waals surface area contributed by atoms with Crippen LogP contribution in [0.2, 0.25) is 0 Å². The molecule has 0 saturated carbocycles. The molecule has 1 heterocycles. The summed E-state index contributed by atoms with van der Waals surface area (Å²) in [6.45, 7) is 4.29. The molecule has 5 nitrogen and oxygen atoms in total. The van der Waals surface area contributed by atoms with Crippen LogP contribution in [0.3, 0.4) is 0 Å². The second-order valence-corrected chi connectivity index (χ2v) is 4.37. The first-order valence-electron chi connectivity index (χ1n) is 6.49. The summed E-state index contributed by atoms with van der Waals surface area (Å²) >= 11 is 0. The molecule has 0 aliphatic carbocycles. The molecule has 0 aliphatic rings. The topological polar surface area (TPSA) is 52.0 Å². The SMILES string of the molecule is CCNC(COC)c1cnnn1Cc1ccccc1. The van der Waals surface area contributed by atoms with Gasteiger partial charge < -0.3 is 10.1 Å².